The van der Waals surface area contributed by atoms with Crippen LogP contribution in [0.4, 0.5) is 17.3 Å². The Morgan fingerprint density at radius 3 is 2.72 bits per heavy atom. The summed E-state index contributed by atoms with van der Waals surface area (Å²) in [7, 11) is 0. The zero-order valence-electron chi connectivity index (χ0n) is 10.4. The van der Waals surface area contributed by atoms with E-state index in [1.807, 2.05) is 18.2 Å². The van der Waals surface area contributed by atoms with Crippen molar-refractivity contribution < 1.29 is 0 Å². The normalized spacial score (nSPS) is 14.3. The maximum Gasteiger partial charge on any atom is 0.135 e. The van der Waals surface area contributed by atoms with Gasteiger partial charge in [-0.25, -0.2) is 9.97 Å². The summed E-state index contributed by atoms with van der Waals surface area (Å²) in [5, 5.41) is 6.65. The van der Waals surface area contributed by atoms with E-state index >= 15 is 0 Å². The van der Waals surface area contributed by atoms with Gasteiger partial charge in [-0.15, -0.1) is 0 Å². The Labute approximate surface area is 106 Å². The molecule has 1 saturated carbocycles. The van der Waals surface area contributed by atoms with Gasteiger partial charge in [0.2, 0.25) is 0 Å². The van der Waals surface area contributed by atoms with E-state index in [-0.39, 0.29) is 0 Å². The van der Waals surface area contributed by atoms with Crippen molar-refractivity contribution in [2.75, 3.05) is 10.6 Å². The van der Waals surface area contributed by atoms with Gasteiger partial charge in [-0.2, -0.15) is 0 Å². The van der Waals surface area contributed by atoms with E-state index in [1.165, 1.54) is 18.4 Å². The number of hydrogen-bond acceptors (Lipinski definition) is 4. The molecule has 4 heteroatoms. The quantitative estimate of drug-likeness (QED) is 0.862. The molecule has 92 valence electrons. The Morgan fingerprint density at radius 2 is 1.94 bits per heavy atom. The third-order valence-electron chi connectivity index (χ3n) is 2.89. The third kappa shape index (κ3) is 2.77. The zero-order chi connectivity index (χ0) is 12.4. The van der Waals surface area contributed by atoms with Crippen molar-refractivity contribution in [3.05, 3.63) is 42.2 Å². The molecule has 1 fully saturated rings. The predicted octanol–water partition coefficient (Wildman–Crippen LogP) is 3.10. The highest BCUT2D eigenvalue weighted by atomic mass is 15.1. The van der Waals surface area contributed by atoms with Crippen molar-refractivity contribution in [2.45, 2.75) is 25.8 Å². The number of aryl methyl sites for hydroxylation is 1. The van der Waals surface area contributed by atoms with Crippen LogP contribution in [-0.4, -0.2) is 16.0 Å². The van der Waals surface area contributed by atoms with Crippen molar-refractivity contribution in [2.24, 2.45) is 0 Å². The maximum absolute atomic E-state index is 4.23. The minimum atomic E-state index is 0.603. The van der Waals surface area contributed by atoms with E-state index in [2.05, 4.69) is 39.7 Å². The number of hydrogen-bond donors (Lipinski definition) is 2. The minimum Gasteiger partial charge on any atom is -0.367 e. The molecule has 0 unspecified atom stereocenters. The van der Waals surface area contributed by atoms with Crippen molar-refractivity contribution in [1.29, 1.82) is 0 Å². The van der Waals surface area contributed by atoms with Crippen molar-refractivity contribution in [3.63, 3.8) is 0 Å². The Bertz CT molecular complexity index is 549. The first-order valence-electron chi connectivity index (χ1n) is 6.22. The van der Waals surface area contributed by atoms with Crippen LogP contribution in [0.1, 0.15) is 18.4 Å². The second-order valence-corrected chi connectivity index (χ2v) is 4.70. The molecule has 1 heterocycles. The molecule has 4 nitrogen and oxygen atoms in total. The summed E-state index contributed by atoms with van der Waals surface area (Å²) < 4.78 is 0. The SMILES string of the molecule is Cc1cccc(Nc2cc(NC3CC3)ncn2)c1. The lowest BCUT2D eigenvalue weighted by Crippen LogP contribution is -2.04. The molecule has 1 aromatic carbocycles. The van der Waals surface area contributed by atoms with Crippen LogP contribution in [0.25, 0.3) is 0 Å². The summed E-state index contributed by atoms with van der Waals surface area (Å²) >= 11 is 0. The fourth-order valence-corrected chi connectivity index (χ4v) is 1.81. The van der Waals surface area contributed by atoms with Gasteiger partial charge in [0.05, 0.1) is 0 Å². The van der Waals surface area contributed by atoms with Crippen LogP contribution in [0.2, 0.25) is 0 Å². The molecule has 0 aliphatic heterocycles. The highest BCUT2D eigenvalue weighted by Gasteiger charge is 2.21. The molecule has 0 atom stereocenters. The minimum absolute atomic E-state index is 0.603. The largest absolute Gasteiger partial charge is 0.367 e. The van der Waals surface area contributed by atoms with Crippen LogP contribution >= 0.6 is 0 Å². The van der Waals surface area contributed by atoms with E-state index in [1.54, 1.807) is 6.33 Å². The molecular weight excluding hydrogens is 224 g/mol. The Hall–Kier alpha value is -2.10. The molecule has 3 rings (SSSR count). The van der Waals surface area contributed by atoms with Gasteiger partial charge in [0.25, 0.3) is 0 Å². The molecule has 0 bridgehead atoms. The summed E-state index contributed by atoms with van der Waals surface area (Å²) in [6.07, 6.45) is 4.07. The van der Waals surface area contributed by atoms with Crippen LogP contribution in [0.3, 0.4) is 0 Å². The smallest absolute Gasteiger partial charge is 0.135 e. The first-order chi connectivity index (χ1) is 8.79. The molecular formula is C14H16N4. The predicted molar refractivity (Wildman–Crippen MR) is 73.1 cm³/mol. The van der Waals surface area contributed by atoms with E-state index in [0.717, 1.165) is 17.3 Å². The third-order valence-corrected chi connectivity index (χ3v) is 2.89. The van der Waals surface area contributed by atoms with Crippen molar-refractivity contribution in [1.82, 2.24) is 9.97 Å². The molecule has 0 spiro atoms. The average Bonchev–Trinajstić information content (AvgIpc) is 3.13. The molecule has 18 heavy (non-hydrogen) atoms. The summed E-state index contributed by atoms with van der Waals surface area (Å²) in [4.78, 5) is 8.45. The van der Waals surface area contributed by atoms with Gasteiger partial charge in [-0.05, 0) is 37.5 Å². The van der Waals surface area contributed by atoms with Gasteiger partial charge in [0.1, 0.15) is 18.0 Å². The number of anilines is 3. The van der Waals surface area contributed by atoms with E-state index in [0.29, 0.717) is 6.04 Å². The lowest BCUT2D eigenvalue weighted by Gasteiger charge is -2.08. The molecule has 1 aliphatic carbocycles. The maximum atomic E-state index is 4.23. The molecule has 2 aromatic rings. The summed E-state index contributed by atoms with van der Waals surface area (Å²) in [6.45, 7) is 2.07. The highest BCUT2D eigenvalue weighted by Crippen LogP contribution is 2.24. The van der Waals surface area contributed by atoms with Crippen LogP contribution in [-0.2, 0) is 0 Å². The van der Waals surface area contributed by atoms with Gasteiger partial charge >= 0.3 is 0 Å². The molecule has 0 saturated heterocycles. The zero-order valence-corrected chi connectivity index (χ0v) is 10.4. The Morgan fingerprint density at radius 1 is 1.11 bits per heavy atom. The van der Waals surface area contributed by atoms with Gasteiger partial charge < -0.3 is 10.6 Å². The Kier molecular flexibility index (Phi) is 2.84. The summed E-state index contributed by atoms with van der Waals surface area (Å²) in [5.41, 5.74) is 2.27. The van der Waals surface area contributed by atoms with Crippen LogP contribution < -0.4 is 10.6 Å². The van der Waals surface area contributed by atoms with Crippen LogP contribution in [0.15, 0.2) is 36.7 Å². The number of nitrogens with zero attached hydrogens (tertiary/aromatic N) is 2. The second-order valence-electron chi connectivity index (χ2n) is 4.70. The molecule has 2 N–H and O–H groups in total. The Balaban J connectivity index is 1.75. The molecule has 0 radical (unpaired) electrons. The molecule has 1 aromatic heterocycles. The number of rotatable bonds is 4. The number of benzene rings is 1. The summed E-state index contributed by atoms with van der Waals surface area (Å²) in [5.74, 6) is 1.71. The van der Waals surface area contributed by atoms with Gasteiger partial charge in [-0.1, -0.05) is 12.1 Å². The lowest BCUT2D eigenvalue weighted by atomic mass is 10.2. The van der Waals surface area contributed by atoms with E-state index in [4.69, 9.17) is 0 Å². The average molecular weight is 240 g/mol. The fraction of sp³-hybridized carbons (Fsp3) is 0.286. The van der Waals surface area contributed by atoms with Crippen LogP contribution in [0, 0.1) is 6.92 Å². The van der Waals surface area contributed by atoms with Crippen LogP contribution in [0.5, 0.6) is 0 Å². The molecule has 0 amide bonds. The highest BCUT2D eigenvalue weighted by molar-refractivity contribution is 5.59. The van der Waals surface area contributed by atoms with E-state index < -0.39 is 0 Å². The van der Waals surface area contributed by atoms with Gasteiger partial charge in [-0.3, -0.25) is 0 Å². The fourth-order valence-electron chi connectivity index (χ4n) is 1.81. The number of aromatic nitrogens is 2. The standard InChI is InChI=1S/C14H16N4/c1-10-3-2-4-12(7-10)18-14-8-13(15-9-16-14)17-11-5-6-11/h2-4,7-9,11H,5-6H2,1H3,(H2,15,16,17,18). The lowest BCUT2D eigenvalue weighted by molar-refractivity contribution is 1.08. The summed E-state index contributed by atoms with van der Waals surface area (Å²) in [6, 6.07) is 10.8. The monoisotopic (exact) mass is 240 g/mol. The first-order valence-corrected chi connectivity index (χ1v) is 6.22. The van der Waals surface area contributed by atoms with Gasteiger partial charge in [0.15, 0.2) is 0 Å². The van der Waals surface area contributed by atoms with Crippen molar-refractivity contribution >= 4 is 17.3 Å². The number of nitrogens with one attached hydrogen (secondary N) is 2. The second kappa shape index (κ2) is 4.64. The van der Waals surface area contributed by atoms with Gasteiger partial charge in [0, 0.05) is 17.8 Å². The molecule has 1 aliphatic rings. The topological polar surface area (TPSA) is 49.8 Å². The first kappa shape index (κ1) is 11.0. The van der Waals surface area contributed by atoms with E-state index in [9.17, 15) is 0 Å². The van der Waals surface area contributed by atoms with Crippen molar-refractivity contribution in [3.8, 4) is 0 Å².